The molecule has 9 aromatic carbocycles. The molecular weight excluding hydrogens is 801 g/mol. The highest BCUT2D eigenvalue weighted by Crippen LogP contribution is 2.41. The van der Waals surface area contributed by atoms with Crippen LogP contribution in [0.15, 0.2) is 218 Å². The van der Waals surface area contributed by atoms with E-state index in [9.17, 15) is 0 Å². The Balaban J connectivity index is 0.980. The van der Waals surface area contributed by atoms with Crippen LogP contribution in [-0.4, -0.2) is 9.13 Å². The molecule has 0 saturated heterocycles. The van der Waals surface area contributed by atoms with Crippen molar-refractivity contribution in [3.05, 3.63) is 230 Å². The lowest BCUT2D eigenvalue weighted by Crippen LogP contribution is -2.12. The van der Waals surface area contributed by atoms with E-state index in [1.54, 1.807) is 0 Å². The maximum atomic E-state index is 2.39. The van der Waals surface area contributed by atoms with Gasteiger partial charge in [-0.05, 0) is 158 Å². The first kappa shape index (κ1) is 40.9. The second-order valence-corrected chi connectivity index (χ2v) is 17.5. The minimum atomic E-state index is 1.09. The molecule has 0 radical (unpaired) electrons. The van der Waals surface area contributed by atoms with Crippen molar-refractivity contribution in [3.63, 3.8) is 0 Å². The van der Waals surface area contributed by atoms with Crippen LogP contribution in [0.2, 0.25) is 0 Å². The number of anilines is 6. The standard InChI is InChI=1S/C62H54N4/c1-3-5-15-45-25-29-47(30-26-45)63(51-37-41-53(42-38-51)65-59-21-11-7-17-55(59)56-18-8-12-22-60(56)65)49-33-35-50(36-34-49)64(48-31-27-46(28-32-48)16-6-4-2)52-39-43-54(44-40-52)66-61-23-13-9-19-57(61)58-20-10-14-24-62(58)66/h7-14,17-44H,3-6,15-16H2,1-2H3. The summed E-state index contributed by atoms with van der Waals surface area (Å²) in [6.07, 6.45) is 6.93. The Morgan fingerprint density at radius 1 is 0.288 bits per heavy atom. The van der Waals surface area contributed by atoms with Gasteiger partial charge >= 0.3 is 0 Å². The van der Waals surface area contributed by atoms with Gasteiger partial charge in [0.15, 0.2) is 0 Å². The van der Waals surface area contributed by atoms with Gasteiger partial charge in [-0.1, -0.05) is 124 Å². The third-order valence-electron chi connectivity index (χ3n) is 13.3. The first-order valence-electron chi connectivity index (χ1n) is 23.7. The molecule has 0 aliphatic rings. The Morgan fingerprint density at radius 2 is 0.530 bits per heavy atom. The van der Waals surface area contributed by atoms with E-state index in [-0.39, 0.29) is 0 Å². The second kappa shape index (κ2) is 18.0. The van der Waals surface area contributed by atoms with Gasteiger partial charge in [-0.15, -0.1) is 0 Å². The number of aryl methyl sites for hydroxylation is 2. The van der Waals surface area contributed by atoms with Gasteiger partial charge in [0, 0.05) is 67.0 Å². The molecule has 0 saturated carbocycles. The number of rotatable bonds is 14. The van der Waals surface area contributed by atoms with Crippen LogP contribution >= 0.6 is 0 Å². The first-order valence-corrected chi connectivity index (χ1v) is 23.7. The highest BCUT2D eigenvalue weighted by Gasteiger charge is 2.19. The molecule has 0 spiro atoms. The summed E-state index contributed by atoms with van der Waals surface area (Å²) >= 11 is 0. The van der Waals surface area contributed by atoms with Gasteiger partial charge in [0.05, 0.1) is 22.1 Å². The zero-order chi connectivity index (χ0) is 44.4. The van der Waals surface area contributed by atoms with Crippen LogP contribution in [0.4, 0.5) is 34.1 Å². The quantitative estimate of drug-likeness (QED) is 0.108. The van der Waals surface area contributed by atoms with Crippen molar-refractivity contribution >= 4 is 77.7 Å². The summed E-state index contributed by atoms with van der Waals surface area (Å²) < 4.78 is 4.77. The van der Waals surface area contributed by atoms with Crippen molar-refractivity contribution in [2.75, 3.05) is 9.80 Å². The van der Waals surface area contributed by atoms with Gasteiger partial charge in [-0.25, -0.2) is 0 Å². The SMILES string of the molecule is CCCCc1ccc(N(c2ccc(N(c3ccc(CCCC)cc3)c3ccc(-n4c5ccccc5c5ccccc54)cc3)cc2)c2ccc(-n3c4ccccc4c4ccccc43)cc2)cc1. The van der Waals surface area contributed by atoms with Crippen molar-refractivity contribution in [2.45, 2.75) is 52.4 Å². The van der Waals surface area contributed by atoms with E-state index in [0.29, 0.717) is 0 Å². The van der Waals surface area contributed by atoms with Crippen LogP contribution in [-0.2, 0) is 12.8 Å². The summed E-state index contributed by atoms with van der Waals surface area (Å²) in [5, 5.41) is 5.07. The smallest absolute Gasteiger partial charge is 0.0541 e. The average Bonchev–Trinajstić information content (AvgIpc) is 3.90. The lowest BCUT2D eigenvalue weighted by molar-refractivity contribution is 0.795. The Morgan fingerprint density at radius 3 is 0.803 bits per heavy atom. The number of aromatic nitrogens is 2. The summed E-state index contributed by atoms with van der Waals surface area (Å²) in [6.45, 7) is 4.52. The van der Waals surface area contributed by atoms with Crippen molar-refractivity contribution in [1.82, 2.24) is 9.13 Å². The van der Waals surface area contributed by atoms with Crippen molar-refractivity contribution in [3.8, 4) is 11.4 Å². The number of benzene rings is 9. The van der Waals surface area contributed by atoms with E-state index in [4.69, 9.17) is 0 Å². The third-order valence-corrected chi connectivity index (χ3v) is 13.3. The summed E-state index contributed by atoms with van der Waals surface area (Å²) in [7, 11) is 0. The highest BCUT2D eigenvalue weighted by molar-refractivity contribution is 6.10. The van der Waals surface area contributed by atoms with Gasteiger partial charge in [-0.2, -0.15) is 0 Å². The molecule has 4 heteroatoms. The number of para-hydroxylation sites is 4. The molecule has 2 aromatic heterocycles. The van der Waals surface area contributed by atoms with E-state index in [0.717, 1.165) is 58.3 Å². The van der Waals surface area contributed by atoms with Gasteiger partial charge in [0.1, 0.15) is 0 Å². The lowest BCUT2D eigenvalue weighted by atomic mass is 10.1. The Labute approximate surface area is 388 Å². The number of nitrogens with zero attached hydrogens (tertiary/aromatic N) is 4. The van der Waals surface area contributed by atoms with Gasteiger partial charge in [-0.3, -0.25) is 0 Å². The summed E-state index contributed by atoms with van der Waals surface area (Å²) in [4.78, 5) is 4.77. The highest BCUT2D eigenvalue weighted by atomic mass is 15.2. The number of fused-ring (bicyclic) bond motifs is 6. The average molecular weight is 855 g/mol. The van der Waals surface area contributed by atoms with Crippen LogP contribution in [0, 0.1) is 0 Å². The zero-order valence-electron chi connectivity index (χ0n) is 37.8. The second-order valence-electron chi connectivity index (χ2n) is 17.5. The fourth-order valence-electron chi connectivity index (χ4n) is 9.93. The molecule has 66 heavy (non-hydrogen) atoms. The molecule has 2 heterocycles. The van der Waals surface area contributed by atoms with Crippen LogP contribution in [0.5, 0.6) is 0 Å². The van der Waals surface area contributed by atoms with Crippen molar-refractivity contribution in [2.24, 2.45) is 0 Å². The molecule has 0 aliphatic heterocycles. The van der Waals surface area contributed by atoms with Gasteiger partial charge in [0.25, 0.3) is 0 Å². The Hall–Kier alpha value is -7.82. The van der Waals surface area contributed by atoms with Crippen LogP contribution in [0.1, 0.15) is 50.7 Å². The van der Waals surface area contributed by atoms with E-state index in [1.165, 1.54) is 80.4 Å². The first-order chi connectivity index (χ1) is 32.7. The topological polar surface area (TPSA) is 16.3 Å². The van der Waals surface area contributed by atoms with Crippen LogP contribution in [0.25, 0.3) is 55.0 Å². The predicted octanol–water partition coefficient (Wildman–Crippen LogP) is 17.5. The predicted molar refractivity (Wildman–Crippen MR) is 282 cm³/mol. The molecule has 0 unspecified atom stereocenters. The zero-order valence-corrected chi connectivity index (χ0v) is 37.8. The monoisotopic (exact) mass is 854 g/mol. The summed E-state index contributed by atoms with van der Waals surface area (Å²) in [6, 6.07) is 80.4. The van der Waals surface area contributed by atoms with E-state index >= 15 is 0 Å². The molecule has 0 fully saturated rings. The number of hydrogen-bond donors (Lipinski definition) is 0. The molecule has 0 amide bonds. The van der Waals surface area contributed by atoms with E-state index in [2.05, 4.69) is 251 Å². The normalized spacial score (nSPS) is 11.5. The minimum Gasteiger partial charge on any atom is -0.311 e. The molecular formula is C62H54N4. The molecule has 4 nitrogen and oxygen atoms in total. The fraction of sp³-hybridized carbons (Fsp3) is 0.129. The summed E-state index contributed by atoms with van der Waals surface area (Å²) in [5.41, 5.74) is 16.5. The maximum Gasteiger partial charge on any atom is 0.0541 e. The van der Waals surface area contributed by atoms with Crippen molar-refractivity contribution < 1.29 is 0 Å². The van der Waals surface area contributed by atoms with Crippen LogP contribution in [0.3, 0.4) is 0 Å². The summed E-state index contributed by atoms with van der Waals surface area (Å²) in [5.74, 6) is 0. The molecule has 0 bridgehead atoms. The maximum absolute atomic E-state index is 2.39. The Kier molecular flexibility index (Phi) is 11.1. The van der Waals surface area contributed by atoms with Gasteiger partial charge in [0.2, 0.25) is 0 Å². The van der Waals surface area contributed by atoms with E-state index in [1.807, 2.05) is 0 Å². The number of unbranched alkanes of at least 4 members (excludes halogenated alkanes) is 2. The third kappa shape index (κ3) is 7.58. The number of hydrogen-bond acceptors (Lipinski definition) is 2. The molecule has 11 rings (SSSR count). The molecule has 0 N–H and O–H groups in total. The molecule has 11 aromatic rings. The lowest BCUT2D eigenvalue weighted by Gasteiger charge is -2.29. The van der Waals surface area contributed by atoms with Gasteiger partial charge < -0.3 is 18.9 Å². The molecule has 322 valence electrons. The largest absolute Gasteiger partial charge is 0.311 e. The van der Waals surface area contributed by atoms with Crippen LogP contribution < -0.4 is 9.80 Å². The minimum absolute atomic E-state index is 1.09. The molecule has 0 atom stereocenters. The fourth-order valence-corrected chi connectivity index (χ4v) is 9.93. The molecule has 0 aliphatic carbocycles. The van der Waals surface area contributed by atoms with E-state index < -0.39 is 0 Å². The Bertz CT molecular complexity index is 3070. The van der Waals surface area contributed by atoms with Crippen molar-refractivity contribution in [1.29, 1.82) is 0 Å².